The average molecular weight is 211 g/mol. The first kappa shape index (κ1) is 9.76. The van der Waals surface area contributed by atoms with Crippen molar-refractivity contribution in [3.05, 3.63) is 29.6 Å². The number of alkyl carbamates (subject to hydrolysis) is 1. The molecule has 1 atom stereocenters. The third kappa shape index (κ3) is 1.86. The lowest BCUT2D eigenvalue weighted by atomic mass is 10.1. The Morgan fingerprint density at radius 1 is 1.60 bits per heavy atom. The summed E-state index contributed by atoms with van der Waals surface area (Å²) in [5, 5.41) is 2.51. The Bertz CT molecular complexity index is 394. The number of rotatable bonds is 2. The third-order valence-corrected chi connectivity index (χ3v) is 2.26. The molecule has 0 aliphatic carbocycles. The van der Waals surface area contributed by atoms with Crippen molar-refractivity contribution >= 4 is 6.09 Å². The maximum atomic E-state index is 13.5. The molecule has 1 aliphatic heterocycles. The molecule has 1 aromatic carbocycles. The predicted octanol–water partition coefficient (Wildman–Crippen LogP) is 1.62. The molecule has 1 fully saturated rings. The number of hydrogen-bond acceptors (Lipinski definition) is 3. The van der Waals surface area contributed by atoms with Crippen molar-refractivity contribution in [3.63, 3.8) is 0 Å². The van der Waals surface area contributed by atoms with Crippen LogP contribution in [0.2, 0.25) is 0 Å². The second kappa shape index (κ2) is 3.76. The van der Waals surface area contributed by atoms with Crippen LogP contribution in [-0.2, 0) is 4.74 Å². The first-order valence-electron chi connectivity index (χ1n) is 4.47. The highest BCUT2D eigenvalue weighted by atomic mass is 19.1. The van der Waals surface area contributed by atoms with Crippen LogP contribution in [0.25, 0.3) is 0 Å². The summed E-state index contributed by atoms with van der Waals surface area (Å²) in [7, 11) is 1.47. The van der Waals surface area contributed by atoms with Gasteiger partial charge in [-0.15, -0.1) is 0 Å². The first-order chi connectivity index (χ1) is 7.20. The van der Waals surface area contributed by atoms with Crippen molar-refractivity contribution < 1.29 is 18.7 Å². The van der Waals surface area contributed by atoms with Gasteiger partial charge in [-0.3, -0.25) is 0 Å². The zero-order valence-electron chi connectivity index (χ0n) is 8.12. The molecule has 1 amide bonds. The molecule has 0 saturated carbocycles. The van der Waals surface area contributed by atoms with E-state index in [9.17, 15) is 9.18 Å². The van der Waals surface area contributed by atoms with Gasteiger partial charge in [0.05, 0.1) is 13.2 Å². The van der Waals surface area contributed by atoms with E-state index in [0.717, 1.165) is 0 Å². The van der Waals surface area contributed by atoms with E-state index in [2.05, 4.69) is 10.1 Å². The Kier molecular flexibility index (Phi) is 2.45. The summed E-state index contributed by atoms with van der Waals surface area (Å²) >= 11 is 0. The number of halogens is 1. The zero-order valence-corrected chi connectivity index (χ0v) is 8.12. The van der Waals surface area contributed by atoms with Crippen LogP contribution in [0.1, 0.15) is 11.6 Å². The van der Waals surface area contributed by atoms with Gasteiger partial charge in [-0.2, -0.15) is 0 Å². The molecule has 4 nitrogen and oxygen atoms in total. The maximum Gasteiger partial charge on any atom is 0.407 e. The second-order valence-corrected chi connectivity index (χ2v) is 3.18. The number of ether oxygens (including phenoxy) is 2. The van der Waals surface area contributed by atoms with Crippen molar-refractivity contribution in [3.8, 4) is 5.75 Å². The van der Waals surface area contributed by atoms with E-state index < -0.39 is 18.0 Å². The largest absolute Gasteiger partial charge is 0.497 e. The average Bonchev–Trinajstić information content (AvgIpc) is 2.64. The van der Waals surface area contributed by atoms with Gasteiger partial charge in [0.15, 0.2) is 0 Å². The number of hydrogen-bond donors (Lipinski definition) is 1. The normalized spacial score (nSPS) is 19.6. The molecule has 0 aromatic heterocycles. The third-order valence-electron chi connectivity index (χ3n) is 2.26. The van der Waals surface area contributed by atoms with Crippen molar-refractivity contribution in [1.82, 2.24) is 5.32 Å². The molecule has 1 aromatic rings. The Morgan fingerprint density at radius 3 is 2.93 bits per heavy atom. The summed E-state index contributed by atoms with van der Waals surface area (Å²) < 4.78 is 23.1. The van der Waals surface area contributed by atoms with E-state index in [0.29, 0.717) is 11.3 Å². The van der Waals surface area contributed by atoms with Crippen LogP contribution in [0.5, 0.6) is 5.75 Å². The highest BCUT2D eigenvalue weighted by molar-refractivity contribution is 5.70. The number of cyclic esters (lactones) is 1. The lowest BCUT2D eigenvalue weighted by Crippen LogP contribution is -2.19. The Morgan fingerprint density at radius 2 is 2.40 bits per heavy atom. The molecule has 1 unspecified atom stereocenters. The number of amides is 1. The molecule has 1 heterocycles. The quantitative estimate of drug-likeness (QED) is 0.808. The summed E-state index contributed by atoms with van der Waals surface area (Å²) in [5.41, 5.74) is 0.404. The van der Waals surface area contributed by atoms with Gasteiger partial charge in [0, 0.05) is 11.6 Å². The van der Waals surface area contributed by atoms with Crippen LogP contribution < -0.4 is 10.1 Å². The fraction of sp³-hybridized carbons (Fsp3) is 0.300. The molecule has 1 aliphatic rings. The fourth-order valence-corrected chi connectivity index (χ4v) is 1.47. The van der Waals surface area contributed by atoms with Crippen LogP contribution in [-0.4, -0.2) is 19.8 Å². The molecule has 2 rings (SSSR count). The van der Waals surface area contributed by atoms with Gasteiger partial charge in [0.1, 0.15) is 18.2 Å². The Balaban J connectivity index is 2.25. The minimum Gasteiger partial charge on any atom is -0.497 e. The van der Waals surface area contributed by atoms with Crippen LogP contribution in [0.15, 0.2) is 18.2 Å². The highest BCUT2D eigenvalue weighted by Gasteiger charge is 2.26. The summed E-state index contributed by atoms with van der Waals surface area (Å²) in [6.07, 6.45) is -0.518. The molecule has 1 saturated heterocycles. The molecule has 0 bridgehead atoms. The van der Waals surface area contributed by atoms with Crippen LogP contribution in [0.3, 0.4) is 0 Å². The molecule has 80 valence electrons. The van der Waals surface area contributed by atoms with E-state index in [-0.39, 0.29) is 6.61 Å². The van der Waals surface area contributed by atoms with Crippen LogP contribution >= 0.6 is 0 Å². The van der Waals surface area contributed by atoms with Gasteiger partial charge in [-0.05, 0) is 6.07 Å². The van der Waals surface area contributed by atoms with Crippen LogP contribution in [0, 0.1) is 5.82 Å². The summed E-state index contributed by atoms with van der Waals surface area (Å²) in [6, 6.07) is 4.08. The van der Waals surface area contributed by atoms with Crippen molar-refractivity contribution in [1.29, 1.82) is 0 Å². The second-order valence-electron chi connectivity index (χ2n) is 3.18. The Labute approximate surface area is 86.0 Å². The predicted molar refractivity (Wildman–Crippen MR) is 50.2 cm³/mol. The SMILES string of the molecule is COc1ccc(C2COC(=O)N2)c(F)c1. The van der Waals surface area contributed by atoms with Crippen molar-refractivity contribution in [2.45, 2.75) is 6.04 Å². The zero-order chi connectivity index (χ0) is 10.8. The van der Waals surface area contributed by atoms with Crippen molar-refractivity contribution in [2.24, 2.45) is 0 Å². The standard InChI is InChI=1S/C10H10FNO3/c1-14-6-2-3-7(8(11)4-6)9-5-15-10(13)12-9/h2-4,9H,5H2,1H3,(H,12,13). The van der Waals surface area contributed by atoms with Gasteiger partial charge in [-0.1, -0.05) is 6.07 Å². The summed E-state index contributed by atoms with van der Waals surface area (Å²) in [5.74, 6) is 0.0339. The smallest absolute Gasteiger partial charge is 0.407 e. The molecule has 0 spiro atoms. The lowest BCUT2D eigenvalue weighted by Gasteiger charge is -2.09. The van der Waals surface area contributed by atoms with Gasteiger partial charge in [0.25, 0.3) is 0 Å². The van der Waals surface area contributed by atoms with E-state index >= 15 is 0 Å². The number of carbonyl (C=O) groups is 1. The van der Waals surface area contributed by atoms with E-state index in [1.54, 1.807) is 12.1 Å². The number of benzene rings is 1. The summed E-state index contributed by atoms with van der Waals surface area (Å²) in [6.45, 7) is 0.155. The molecular formula is C10H10FNO3. The molecular weight excluding hydrogens is 201 g/mol. The molecule has 0 radical (unpaired) electrons. The van der Waals surface area contributed by atoms with E-state index in [4.69, 9.17) is 4.74 Å². The van der Waals surface area contributed by atoms with E-state index in [1.165, 1.54) is 13.2 Å². The summed E-state index contributed by atoms with van der Waals surface area (Å²) in [4.78, 5) is 10.8. The monoisotopic (exact) mass is 211 g/mol. The molecule has 1 N–H and O–H groups in total. The van der Waals surface area contributed by atoms with Gasteiger partial charge in [-0.25, -0.2) is 9.18 Å². The number of carbonyl (C=O) groups excluding carboxylic acids is 1. The minimum atomic E-state index is -0.518. The number of methoxy groups -OCH3 is 1. The number of nitrogens with one attached hydrogen (secondary N) is 1. The fourth-order valence-electron chi connectivity index (χ4n) is 1.47. The Hall–Kier alpha value is -1.78. The molecule has 15 heavy (non-hydrogen) atoms. The maximum absolute atomic E-state index is 13.5. The van der Waals surface area contributed by atoms with Crippen LogP contribution in [0.4, 0.5) is 9.18 Å². The van der Waals surface area contributed by atoms with E-state index in [1.807, 2.05) is 0 Å². The van der Waals surface area contributed by atoms with Crippen molar-refractivity contribution in [2.75, 3.05) is 13.7 Å². The lowest BCUT2D eigenvalue weighted by molar-refractivity contribution is 0.176. The highest BCUT2D eigenvalue weighted by Crippen LogP contribution is 2.24. The molecule has 5 heteroatoms. The first-order valence-corrected chi connectivity index (χ1v) is 4.47. The van der Waals surface area contributed by atoms with Gasteiger partial charge >= 0.3 is 6.09 Å². The van der Waals surface area contributed by atoms with Gasteiger partial charge < -0.3 is 14.8 Å². The topological polar surface area (TPSA) is 47.6 Å². The van der Waals surface area contributed by atoms with Gasteiger partial charge in [0.2, 0.25) is 0 Å². The minimum absolute atomic E-state index is 0.155.